The molecule has 0 aliphatic heterocycles. The summed E-state index contributed by atoms with van der Waals surface area (Å²) in [6.07, 6.45) is 1.27. The van der Waals surface area contributed by atoms with Gasteiger partial charge in [0, 0.05) is 40.4 Å². The molecule has 0 spiro atoms. The molecule has 1 unspecified atom stereocenters. The lowest BCUT2D eigenvalue weighted by Crippen LogP contribution is -2.22. The van der Waals surface area contributed by atoms with Crippen LogP contribution in [0.15, 0.2) is 0 Å². The van der Waals surface area contributed by atoms with E-state index in [1.165, 1.54) is 17.9 Å². The van der Waals surface area contributed by atoms with E-state index in [4.69, 9.17) is 0 Å². The normalized spacial score (nSPS) is 13.5. The molecule has 1 atom stereocenters. The first kappa shape index (κ1) is 12.8. The van der Waals surface area contributed by atoms with E-state index in [-0.39, 0.29) is 0 Å². The Morgan fingerprint density at radius 3 is 2.40 bits per heavy atom. The molecular formula is C4H8I3NS2. The Bertz CT molecular complexity index is 75.5. The maximum atomic E-state index is 3.27. The van der Waals surface area contributed by atoms with Crippen LogP contribution in [0.25, 0.3) is 0 Å². The summed E-state index contributed by atoms with van der Waals surface area (Å²) >= 11 is 6.92. The highest BCUT2D eigenvalue weighted by molar-refractivity contribution is 14.2. The molecule has 10 heavy (non-hydrogen) atoms. The predicted octanol–water partition coefficient (Wildman–Crippen LogP) is 3.85. The molecule has 0 saturated heterocycles. The topological polar surface area (TPSA) is 12.0 Å². The van der Waals surface area contributed by atoms with E-state index in [0.717, 1.165) is 0 Å². The van der Waals surface area contributed by atoms with Crippen LogP contribution in [-0.2, 0) is 0 Å². The van der Waals surface area contributed by atoms with Gasteiger partial charge in [-0.05, 0) is 48.8 Å². The van der Waals surface area contributed by atoms with Crippen molar-refractivity contribution >= 4 is 83.1 Å². The van der Waals surface area contributed by atoms with Gasteiger partial charge in [0.25, 0.3) is 0 Å². The SMILES string of the molecule is INC(CCSI)CSI. The van der Waals surface area contributed by atoms with E-state index >= 15 is 0 Å². The molecule has 0 aliphatic carbocycles. The van der Waals surface area contributed by atoms with Crippen molar-refractivity contribution < 1.29 is 0 Å². The second-order valence-electron chi connectivity index (χ2n) is 1.68. The van der Waals surface area contributed by atoms with Crippen molar-refractivity contribution in [3.8, 4) is 0 Å². The van der Waals surface area contributed by atoms with Gasteiger partial charge in [0.1, 0.15) is 0 Å². The minimum Gasteiger partial charge on any atom is -0.257 e. The highest BCUT2D eigenvalue weighted by atomic mass is 127. The smallest absolute Gasteiger partial charge is 0.0269 e. The fourth-order valence-electron chi connectivity index (χ4n) is 0.432. The Morgan fingerprint density at radius 1 is 1.30 bits per heavy atom. The summed E-state index contributed by atoms with van der Waals surface area (Å²) < 4.78 is 3.27. The number of nitrogens with one attached hydrogen (secondary N) is 1. The second kappa shape index (κ2) is 9.93. The zero-order valence-electron chi connectivity index (χ0n) is 5.15. The molecular weight excluding hydrogens is 507 g/mol. The summed E-state index contributed by atoms with van der Waals surface area (Å²) in [5, 5.41) is 0. The van der Waals surface area contributed by atoms with Crippen molar-refractivity contribution in [2.24, 2.45) is 0 Å². The third-order valence-electron chi connectivity index (χ3n) is 0.962. The Hall–Kier alpha value is 2.85. The van der Waals surface area contributed by atoms with Crippen molar-refractivity contribution in [2.45, 2.75) is 12.5 Å². The molecule has 0 amide bonds. The zero-order valence-corrected chi connectivity index (χ0v) is 13.3. The van der Waals surface area contributed by atoms with Gasteiger partial charge in [-0.2, -0.15) is 0 Å². The Balaban J connectivity index is 3.21. The van der Waals surface area contributed by atoms with Gasteiger partial charge in [-0.15, -0.1) is 0 Å². The highest BCUT2D eigenvalue weighted by Crippen LogP contribution is 2.18. The van der Waals surface area contributed by atoms with Crippen LogP contribution in [0.4, 0.5) is 0 Å². The lowest BCUT2D eigenvalue weighted by atomic mass is 10.3. The zero-order chi connectivity index (χ0) is 7.82. The van der Waals surface area contributed by atoms with Crippen LogP contribution >= 0.6 is 83.1 Å². The molecule has 0 radical (unpaired) electrons. The van der Waals surface area contributed by atoms with Crippen LogP contribution in [0.2, 0.25) is 0 Å². The molecule has 0 heterocycles. The van der Waals surface area contributed by atoms with Gasteiger partial charge < -0.3 is 0 Å². The van der Waals surface area contributed by atoms with E-state index in [1.54, 1.807) is 0 Å². The van der Waals surface area contributed by atoms with E-state index in [2.05, 4.69) is 68.8 Å². The van der Waals surface area contributed by atoms with Gasteiger partial charge >= 0.3 is 0 Å². The minimum absolute atomic E-state index is 0.685. The predicted molar refractivity (Wildman–Crippen MR) is 78.5 cm³/mol. The first-order valence-electron chi connectivity index (χ1n) is 2.68. The molecule has 1 N–H and O–H groups in total. The van der Waals surface area contributed by atoms with Crippen molar-refractivity contribution in [1.82, 2.24) is 3.53 Å². The van der Waals surface area contributed by atoms with E-state index < -0.39 is 0 Å². The van der Waals surface area contributed by atoms with Crippen molar-refractivity contribution in [2.75, 3.05) is 11.5 Å². The third-order valence-corrected chi connectivity index (χ3v) is 5.16. The van der Waals surface area contributed by atoms with Gasteiger partial charge in [-0.25, -0.2) is 0 Å². The molecule has 0 aromatic rings. The number of hydrogen-bond donors (Lipinski definition) is 1. The van der Waals surface area contributed by atoms with Gasteiger partial charge in [0.2, 0.25) is 0 Å². The maximum absolute atomic E-state index is 3.27. The van der Waals surface area contributed by atoms with E-state index in [9.17, 15) is 0 Å². The van der Waals surface area contributed by atoms with Crippen LogP contribution in [0.1, 0.15) is 6.42 Å². The summed E-state index contributed by atoms with van der Waals surface area (Å²) in [5.41, 5.74) is 0. The van der Waals surface area contributed by atoms with Gasteiger partial charge in [-0.1, -0.05) is 17.9 Å². The Kier molecular flexibility index (Phi) is 12.8. The first-order chi connectivity index (χ1) is 4.85. The van der Waals surface area contributed by atoms with Crippen LogP contribution in [-0.4, -0.2) is 17.5 Å². The molecule has 0 aromatic carbocycles. The van der Waals surface area contributed by atoms with Crippen molar-refractivity contribution in [3.63, 3.8) is 0 Å². The van der Waals surface area contributed by atoms with E-state index in [1.807, 2.05) is 17.9 Å². The molecule has 62 valence electrons. The largest absolute Gasteiger partial charge is 0.257 e. The molecule has 1 nitrogen and oxygen atoms in total. The van der Waals surface area contributed by atoms with Crippen molar-refractivity contribution in [3.05, 3.63) is 0 Å². The first-order valence-corrected chi connectivity index (χ1v) is 10.8. The molecule has 0 bridgehead atoms. The molecule has 0 saturated carbocycles. The number of rotatable bonds is 6. The van der Waals surface area contributed by atoms with Crippen LogP contribution in [0.3, 0.4) is 0 Å². The van der Waals surface area contributed by atoms with E-state index in [0.29, 0.717) is 6.04 Å². The minimum atomic E-state index is 0.685. The lowest BCUT2D eigenvalue weighted by Gasteiger charge is -2.10. The molecule has 0 aromatic heterocycles. The van der Waals surface area contributed by atoms with Crippen LogP contribution in [0.5, 0.6) is 0 Å². The summed E-state index contributed by atoms with van der Waals surface area (Å²) in [7, 11) is 3.76. The lowest BCUT2D eigenvalue weighted by molar-refractivity contribution is 0.704. The molecule has 0 fully saturated rings. The summed E-state index contributed by atoms with van der Waals surface area (Å²) in [6.45, 7) is 0. The molecule has 0 aliphatic rings. The standard InChI is InChI=1S/C4H8I3NS2/c5-8-4(3-10-7)1-2-9-6/h4,8H,1-3H2. The Labute approximate surface area is 109 Å². The monoisotopic (exact) mass is 515 g/mol. The quantitative estimate of drug-likeness (QED) is 0.427. The summed E-state index contributed by atoms with van der Waals surface area (Å²) in [6, 6.07) is 0.685. The summed E-state index contributed by atoms with van der Waals surface area (Å²) in [5.74, 6) is 2.46. The second-order valence-corrected chi connectivity index (χ2v) is 7.22. The third kappa shape index (κ3) is 7.50. The van der Waals surface area contributed by atoms with Gasteiger partial charge in [-0.3, -0.25) is 3.53 Å². The number of halogens is 3. The van der Waals surface area contributed by atoms with Crippen molar-refractivity contribution in [1.29, 1.82) is 0 Å². The highest BCUT2D eigenvalue weighted by Gasteiger charge is 2.04. The fourth-order valence-corrected chi connectivity index (χ4v) is 4.10. The maximum Gasteiger partial charge on any atom is 0.0269 e. The number of hydrogen-bond acceptors (Lipinski definition) is 3. The van der Waals surface area contributed by atoms with Gasteiger partial charge in [0.15, 0.2) is 0 Å². The van der Waals surface area contributed by atoms with Gasteiger partial charge in [0.05, 0.1) is 0 Å². The summed E-state index contributed by atoms with van der Waals surface area (Å²) in [4.78, 5) is 0. The Morgan fingerprint density at radius 2 is 2.00 bits per heavy atom. The average molecular weight is 515 g/mol. The van der Waals surface area contributed by atoms with Crippen LogP contribution < -0.4 is 3.53 Å². The molecule has 0 rings (SSSR count). The van der Waals surface area contributed by atoms with Crippen LogP contribution in [0, 0.1) is 0 Å². The average Bonchev–Trinajstić information content (AvgIpc) is 1.98. The fraction of sp³-hybridized carbons (Fsp3) is 1.00. The molecule has 6 heteroatoms.